The van der Waals surface area contributed by atoms with Crippen molar-refractivity contribution >= 4 is 35.1 Å². The van der Waals surface area contributed by atoms with Crippen molar-refractivity contribution in [2.45, 2.75) is 26.4 Å². The first-order valence-electron chi connectivity index (χ1n) is 7.64. The highest BCUT2D eigenvalue weighted by molar-refractivity contribution is 6.15. The first-order valence-corrected chi connectivity index (χ1v) is 7.64. The number of hydrogen-bond acceptors (Lipinski definition) is 6. The van der Waals surface area contributed by atoms with Gasteiger partial charge in [0.2, 0.25) is 5.96 Å². The standard InChI is InChI=1S/C17H17N5O3/c1-17(2,3)25-16(24)22-15-20-13(14(23)21-15)9-10-6-7-11-12(19-10)5-4-8-18-11/h4-9H,1-3H3,(H2,20,21,22,23,24)/b13-9-. The fourth-order valence-corrected chi connectivity index (χ4v) is 2.13. The first-order chi connectivity index (χ1) is 11.8. The van der Waals surface area contributed by atoms with Gasteiger partial charge in [-0.25, -0.2) is 9.78 Å². The highest BCUT2D eigenvalue weighted by Gasteiger charge is 2.24. The minimum absolute atomic E-state index is 0.0213. The number of carbonyl (C=O) groups is 2. The van der Waals surface area contributed by atoms with E-state index < -0.39 is 17.6 Å². The minimum Gasteiger partial charge on any atom is -0.444 e. The van der Waals surface area contributed by atoms with Gasteiger partial charge in [0.1, 0.15) is 11.3 Å². The molecule has 3 rings (SSSR count). The van der Waals surface area contributed by atoms with E-state index in [-0.39, 0.29) is 11.7 Å². The molecular formula is C17H17N5O3. The van der Waals surface area contributed by atoms with Crippen molar-refractivity contribution in [2.24, 2.45) is 4.99 Å². The SMILES string of the molecule is CC(C)(C)OC(=O)NC1=NC(=O)/C(=C/c2ccc3ncccc3n2)N1. The zero-order valence-electron chi connectivity index (χ0n) is 14.0. The summed E-state index contributed by atoms with van der Waals surface area (Å²) < 4.78 is 5.12. The Kier molecular flexibility index (Phi) is 4.18. The summed E-state index contributed by atoms with van der Waals surface area (Å²) in [7, 11) is 0. The lowest BCUT2D eigenvalue weighted by Gasteiger charge is -2.19. The number of fused-ring (bicyclic) bond motifs is 1. The summed E-state index contributed by atoms with van der Waals surface area (Å²) >= 11 is 0. The fourth-order valence-electron chi connectivity index (χ4n) is 2.13. The third-order valence-corrected chi connectivity index (χ3v) is 3.09. The van der Waals surface area contributed by atoms with Gasteiger partial charge in [0, 0.05) is 6.20 Å². The Hall–Kier alpha value is -3.29. The second-order valence-corrected chi connectivity index (χ2v) is 6.35. The van der Waals surface area contributed by atoms with E-state index in [1.807, 2.05) is 12.1 Å². The highest BCUT2D eigenvalue weighted by atomic mass is 16.6. The van der Waals surface area contributed by atoms with Crippen molar-refractivity contribution in [3.05, 3.63) is 41.9 Å². The quantitative estimate of drug-likeness (QED) is 0.770. The van der Waals surface area contributed by atoms with Crippen LogP contribution < -0.4 is 10.6 Å². The van der Waals surface area contributed by atoms with E-state index in [0.717, 1.165) is 11.0 Å². The van der Waals surface area contributed by atoms with Gasteiger partial charge in [-0.1, -0.05) is 0 Å². The number of hydrogen-bond donors (Lipinski definition) is 2. The number of pyridine rings is 2. The Bertz CT molecular complexity index is 912. The van der Waals surface area contributed by atoms with Crippen LogP contribution in [0.5, 0.6) is 0 Å². The van der Waals surface area contributed by atoms with Crippen molar-refractivity contribution in [3.63, 3.8) is 0 Å². The maximum absolute atomic E-state index is 12.0. The van der Waals surface area contributed by atoms with Crippen LogP contribution in [0.3, 0.4) is 0 Å². The molecule has 3 heterocycles. The van der Waals surface area contributed by atoms with Crippen LogP contribution >= 0.6 is 0 Å². The second kappa shape index (κ2) is 6.31. The molecular weight excluding hydrogens is 322 g/mol. The van der Waals surface area contributed by atoms with Gasteiger partial charge in [-0.15, -0.1) is 0 Å². The molecule has 2 amide bonds. The lowest BCUT2D eigenvalue weighted by Crippen LogP contribution is -2.40. The number of carbonyl (C=O) groups excluding carboxylic acids is 2. The van der Waals surface area contributed by atoms with Crippen LogP contribution in [0.2, 0.25) is 0 Å². The summed E-state index contributed by atoms with van der Waals surface area (Å²) in [4.78, 5) is 36.0. The highest BCUT2D eigenvalue weighted by Crippen LogP contribution is 2.13. The molecule has 0 aliphatic carbocycles. The molecule has 128 valence electrons. The molecule has 2 N–H and O–H groups in total. The van der Waals surface area contributed by atoms with Crippen molar-refractivity contribution in [1.82, 2.24) is 20.6 Å². The smallest absolute Gasteiger partial charge is 0.414 e. The number of aromatic nitrogens is 2. The lowest BCUT2D eigenvalue weighted by molar-refractivity contribution is -0.114. The van der Waals surface area contributed by atoms with Gasteiger partial charge in [0.05, 0.1) is 16.7 Å². The molecule has 2 aromatic rings. The molecule has 0 radical (unpaired) electrons. The summed E-state index contributed by atoms with van der Waals surface area (Å²) in [5.41, 5.74) is 1.62. The third-order valence-electron chi connectivity index (χ3n) is 3.09. The van der Waals surface area contributed by atoms with E-state index in [1.165, 1.54) is 0 Å². The van der Waals surface area contributed by atoms with Crippen LogP contribution in [-0.2, 0) is 9.53 Å². The van der Waals surface area contributed by atoms with Gasteiger partial charge >= 0.3 is 6.09 Å². The van der Waals surface area contributed by atoms with Crippen LogP contribution in [0.1, 0.15) is 26.5 Å². The van der Waals surface area contributed by atoms with E-state index in [9.17, 15) is 9.59 Å². The summed E-state index contributed by atoms with van der Waals surface area (Å²) in [6, 6.07) is 7.18. The maximum Gasteiger partial charge on any atom is 0.414 e. The fraction of sp³-hybridized carbons (Fsp3) is 0.235. The number of nitrogens with zero attached hydrogens (tertiary/aromatic N) is 3. The van der Waals surface area contributed by atoms with E-state index >= 15 is 0 Å². The maximum atomic E-state index is 12.0. The van der Waals surface area contributed by atoms with Crippen LogP contribution in [0, 0.1) is 0 Å². The predicted octanol–water partition coefficient (Wildman–Crippen LogP) is 1.98. The molecule has 0 saturated carbocycles. The largest absolute Gasteiger partial charge is 0.444 e. The average Bonchev–Trinajstić information content (AvgIpc) is 2.84. The summed E-state index contributed by atoms with van der Waals surface area (Å²) in [5, 5.41) is 5.14. The molecule has 8 heteroatoms. The van der Waals surface area contributed by atoms with Crippen LogP contribution in [0.25, 0.3) is 17.1 Å². The molecule has 0 spiro atoms. The third kappa shape index (κ3) is 4.17. The number of aliphatic imine (C=N–C) groups is 1. The molecule has 0 saturated heterocycles. The van der Waals surface area contributed by atoms with Gasteiger partial charge in [-0.2, -0.15) is 4.99 Å². The topological polar surface area (TPSA) is 106 Å². The zero-order chi connectivity index (χ0) is 18.0. The number of ether oxygens (including phenoxy) is 1. The van der Waals surface area contributed by atoms with Crippen LogP contribution in [0.15, 0.2) is 41.2 Å². The lowest BCUT2D eigenvalue weighted by atomic mass is 10.2. The number of alkyl carbamates (subject to hydrolysis) is 1. The minimum atomic E-state index is -0.692. The van der Waals surface area contributed by atoms with Gasteiger partial charge < -0.3 is 10.1 Å². The zero-order valence-corrected chi connectivity index (χ0v) is 14.0. The Labute approximate surface area is 144 Å². The van der Waals surface area contributed by atoms with E-state index in [4.69, 9.17) is 4.74 Å². The van der Waals surface area contributed by atoms with Gasteiger partial charge in [0.15, 0.2) is 0 Å². The summed E-state index contributed by atoms with van der Waals surface area (Å²) in [5.74, 6) is -0.480. The monoisotopic (exact) mass is 339 g/mol. The molecule has 0 fully saturated rings. The molecule has 8 nitrogen and oxygen atoms in total. The molecule has 2 aromatic heterocycles. The van der Waals surface area contributed by atoms with Crippen molar-refractivity contribution in [2.75, 3.05) is 0 Å². The Morgan fingerprint density at radius 3 is 2.80 bits per heavy atom. The molecule has 0 unspecified atom stereocenters. The molecule has 1 aliphatic heterocycles. The molecule has 0 bridgehead atoms. The van der Waals surface area contributed by atoms with E-state index in [2.05, 4.69) is 25.6 Å². The number of nitrogens with one attached hydrogen (secondary N) is 2. The number of guanidine groups is 1. The van der Waals surface area contributed by atoms with E-state index in [1.54, 1.807) is 45.2 Å². The van der Waals surface area contributed by atoms with Crippen molar-refractivity contribution in [1.29, 1.82) is 0 Å². The Balaban J connectivity index is 1.73. The Morgan fingerprint density at radius 2 is 2.04 bits per heavy atom. The molecule has 1 aliphatic rings. The molecule has 0 aromatic carbocycles. The number of amides is 2. The first kappa shape index (κ1) is 16.6. The number of rotatable bonds is 1. The van der Waals surface area contributed by atoms with E-state index in [0.29, 0.717) is 5.69 Å². The Morgan fingerprint density at radius 1 is 1.24 bits per heavy atom. The summed E-state index contributed by atoms with van der Waals surface area (Å²) in [6.45, 7) is 5.23. The van der Waals surface area contributed by atoms with Gasteiger partial charge in [-0.3, -0.25) is 15.1 Å². The van der Waals surface area contributed by atoms with Crippen LogP contribution in [-0.4, -0.2) is 33.5 Å². The average molecular weight is 339 g/mol. The van der Waals surface area contributed by atoms with Crippen molar-refractivity contribution < 1.29 is 14.3 Å². The molecule has 25 heavy (non-hydrogen) atoms. The predicted molar refractivity (Wildman–Crippen MR) is 92.5 cm³/mol. The summed E-state index contributed by atoms with van der Waals surface area (Å²) in [6.07, 6.45) is 2.55. The molecule has 0 atom stereocenters. The van der Waals surface area contributed by atoms with Gasteiger partial charge in [-0.05, 0) is 51.1 Å². The van der Waals surface area contributed by atoms with Gasteiger partial charge in [0.25, 0.3) is 5.91 Å². The second-order valence-electron chi connectivity index (χ2n) is 6.35. The van der Waals surface area contributed by atoms with Crippen molar-refractivity contribution in [3.8, 4) is 0 Å². The van der Waals surface area contributed by atoms with Crippen LogP contribution in [0.4, 0.5) is 4.79 Å². The normalized spacial score (nSPS) is 15.9.